The number of hydrogen-bond donors (Lipinski definition) is 2. The Bertz CT molecular complexity index is 1070. The van der Waals surface area contributed by atoms with Crippen LogP contribution in [0.2, 0.25) is 0 Å². The summed E-state index contributed by atoms with van der Waals surface area (Å²) in [6.45, 7) is 2.54. The van der Waals surface area contributed by atoms with Gasteiger partial charge in [-0.3, -0.25) is 19.3 Å². The maximum atomic E-state index is 13.1. The summed E-state index contributed by atoms with van der Waals surface area (Å²) in [6, 6.07) is 12.9. The summed E-state index contributed by atoms with van der Waals surface area (Å²) in [7, 11) is 0. The van der Waals surface area contributed by atoms with Crippen LogP contribution < -0.4 is 15.5 Å². The van der Waals surface area contributed by atoms with Gasteiger partial charge in [-0.2, -0.15) is 0 Å². The topological polar surface area (TPSA) is 78.5 Å². The van der Waals surface area contributed by atoms with Crippen molar-refractivity contribution in [1.82, 2.24) is 5.32 Å². The van der Waals surface area contributed by atoms with Crippen LogP contribution in [0.4, 0.5) is 11.4 Å². The van der Waals surface area contributed by atoms with Crippen molar-refractivity contribution >= 4 is 40.9 Å². The molecule has 0 bridgehead atoms. The highest BCUT2D eigenvalue weighted by molar-refractivity contribution is 7.99. The van der Waals surface area contributed by atoms with E-state index in [-0.39, 0.29) is 24.3 Å². The van der Waals surface area contributed by atoms with Gasteiger partial charge in [0, 0.05) is 22.0 Å². The first kappa shape index (κ1) is 19.1. The molecule has 29 heavy (non-hydrogen) atoms. The van der Waals surface area contributed by atoms with Crippen LogP contribution in [0.5, 0.6) is 0 Å². The highest BCUT2D eigenvalue weighted by atomic mass is 32.2. The number of carbonyl (C=O) groups excluding carboxylic acids is 3. The van der Waals surface area contributed by atoms with E-state index in [0.717, 1.165) is 15.5 Å². The lowest BCUT2D eigenvalue weighted by Crippen LogP contribution is -2.31. The molecule has 0 saturated carbocycles. The van der Waals surface area contributed by atoms with Gasteiger partial charge in [0.2, 0.25) is 11.8 Å². The summed E-state index contributed by atoms with van der Waals surface area (Å²) in [6.07, 6.45) is 0.496. The zero-order valence-electron chi connectivity index (χ0n) is 15.8. The zero-order valence-corrected chi connectivity index (χ0v) is 16.6. The summed E-state index contributed by atoms with van der Waals surface area (Å²) >= 11 is 1.48. The van der Waals surface area contributed by atoms with Gasteiger partial charge >= 0.3 is 0 Å². The summed E-state index contributed by atoms with van der Waals surface area (Å²) < 4.78 is 0. The second-order valence-electron chi connectivity index (χ2n) is 6.72. The van der Waals surface area contributed by atoms with Gasteiger partial charge in [-0.05, 0) is 43.7 Å². The third kappa shape index (κ3) is 3.71. The van der Waals surface area contributed by atoms with E-state index in [1.807, 2.05) is 36.4 Å². The number of nitrogens with zero attached hydrogens (tertiary/aromatic N) is 1. The molecule has 1 atom stereocenters. The molecule has 6 nitrogen and oxygen atoms in total. The molecular formula is C22H19N3O3S. The van der Waals surface area contributed by atoms with E-state index in [2.05, 4.69) is 22.5 Å². The number of anilines is 2. The van der Waals surface area contributed by atoms with Crippen LogP contribution in [-0.4, -0.2) is 30.8 Å². The predicted molar refractivity (Wildman–Crippen MR) is 112 cm³/mol. The van der Waals surface area contributed by atoms with E-state index in [1.54, 1.807) is 17.9 Å². The minimum absolute atomic E-state index is 0.103. The molecule has 7 heteroatoms. The van der Waals surface area contributed by atoms with Gasteiger partial charge in [0.15, 0.2) is 0 Å². The first-order valence-electron chi connectivity index (χ1n) is 9.29. The number of nitrogens with one attached hydrogen (secondary N) is 2. The highest BCUT2D eigenvalue weighted by Crippen LogP contribution is 2.42. The van der Waals surface area contributed by atoms with Crippen molar-refractivity contribution in [2.24, 2.45) is 5.92 Å². The maximum Gasteiger partial charge on any atom is 0.260 e. The lowest BCUT2D eigenvalue weighted by Gasteiger charge is -2.21. The molecule has 2 aromatic rings. The van der Waals surface area contributed by atoms with E-state index >= 15 is 0 Å². The number of amides is 3. The van der Waals surface area contributed by atoms with E-state index in [0.29, 0.717) is 24.2 Å². The fourth-order valence-electron chi connectivity index (χ4n) is 3.39. The molecule has 1 saturated heterocycles. The summed E-state index contributed by atoms with van der Waals surface area (Å²) in [5.41, 5.74) is 1.96. The van der Waals surface area contributed by atoms with E-state index in [4.69, 9.17) is 0 Å². The van der Waals surface area contributed by atoms with Gasteiger partial charge in [0.1, 0.15) is 5.92 Å². The van der Waals surface area contributed by atoms with Crippen molar-refractivity contribution in [1.29, 1.82) is 0 Å². The predicted octanol–water partition coefficient (Wildman–Crippen LogP) is 2.90. The fraction of sp³-hybridized carbons (Fsp3) is 0.227. The molecule has 1 unspecified atom stereocenters. The molecular weight excluding hydrogens is 386 g/mol. The van der Waals surface area contributed by atoms with Crippen LogP contribution in [0, 0.1) is 17.8 Å². The number of rotatable bonds is 3. The molecule has 0 radical (unpaired) electrons. The standard InChI is InChI=1S/C22H19N3O3S/c1-2-3-12-25-17-9-8-14(24-21(27)16-10-11-23-20(16)26)13-19(17)29-18-7-5-4-6-15(18)22(25)28/h4-9,13,16H,10-12H2,1H3,(H,23,26)(H,24,27). The monoisotopic (exact) mass is 405 g/mol. The number of hydrogen-bond acceptors (Lipinski definition) is 4. The number of benzene rings is 2. The lowest BCUT2D eigenvalue weighted by atomic mass is 10.1. The Kier molecular flexibility index (Phi) is 5.28. The van der Waals surface area contributed by atoms with Crippen molar-refractivity contribution in [3.63, 3.8) is 0 Å². The van der Waals surface area contributed by atoms with Gasteiger partial charge in [-0.15, -0.1) is 5.92 Å². The van der Waals surface area contributed by atoms with Gasteiger partial charge in [-0.1, -0.05) is 29.8 Å². The molecule has 1 fully saturated rings. The van der Waals surface area contributed by atoms with Crippen LogP contribution in [-0.2, 0) is 9.59 Å². The molecule has 2 aromatic carbocycles. The van der Waals surface area contributed by atoms with Crippen molar-refractivity contribution in [2.45, 2.75) is 23.1 Å². The Morgan fingerprint density at radius 1 is 1.24 bits per heavy atom. The molecule has 0 spiro atoms. The minimum Gasteiger partial charge on any atom is -0.355 e. The third-order valence-electron chi connectivity index (χ3n) is 4.88. The lowest BCUT2D eigenvalue weighted by molar-refractivity contribution is -0.130. The first-order valence-corrected chi connectivity index (χ1v) is 10.1. The molecule has 2 heterocycles. The van der Waals surface area contributed by atoms with Crippen molar-refractivity contribution in [3.8, 4) is 11.8 Å². The smallest absolute Gasteiger partial charge is 0.260 e. The Morgan fingerprint density at radius 2 is 2.07 bits per heavy atom. The minimum atomic E-state index is -0.667. The first-order chi connectivity index (χ1) is 14.1. The van der Waals surface area contributed by atoms with Crippen LogP contribution in [0.15, 0.2) is 52.3 Å². The summed E-state index contributed by atoms with van der Waals surface area (Å²) in [5.74, 6) is 4.48. The van der Waals surface area contributed by atoms with Crippen LogP contribution in [0.3, 0.4) is 0 Å². The van der Waals surface area contributed by atoms with Crippen molar-refractivity contribution in [2.75, 3.05) is 23.3 Å². The quantitative estimate of drug-likeness (QED) is 0.608. The highest BCUT2D eigenvalue weighted by Gasteiger charge is 2.31. The van der Waals surface area contributed by atoms with Crippen molar-refractivity contribution in [3.05, 3.63) is 48.0 Å². The normalized spacial score (nSPS) is 17.4. The van der Waals surface area contributed by atoms with Crippen LogP contribution >= 0.6 is 11.8 Å². The average Bonchev–Trinajstić information content (AvgIpc) is 3.11. The Labute approximate surface area is 173 Å². The number of fused-ring (bicyclic) bond motifs is 2. The van der Waals surface area contributed by atoms with Crippen LogP contribution in [0.25, 0.3) is 0 Å². The molecule has 0 aliphatic carbocycles. The molecule has 2 aliphatic heterocycles. The van der Waals surface area contributed by atoms with Crippen LogP contribution in [0.1, 0.15) is 23.7 Å². The van der Waals surface area contributed by atoms with Crippen molar-refractivity contribution < 1.29 is 14.4 Å². The molecule has 3 amide bonds. The van der Waals surface area contributed by atoms with Gasteiger partial charge < -0.3 is 10.6 Å². The van der Waals surface area contributed by atoms with E-state index in [9.17, 15) is 14.4 Å². The van der Waals surface area contributed by atoms with E-state index < -0.39 is 5.92 Å². The van der Waals surface area contributed by atoms with Gasteiger partial charge in [0.25, 0.3) is 5.91 Å². The molecule has 146 valence electrons. The van der Waals surface area contributed by atoms with E-state index in [1.165, 1.54) is 11.8 Å². The van der Waals surface area contributed by atoms with Gasteiger partial charge in [0.05, 0.1) is 17.8 Å². The largest absolute Gasteiger partial charge is 0.355 e. The Hall–Kier alpha value is -3.24. The second kappa shape index (κ2) is 8.02. The Morgan fingerprint density at radius 3 is 2.83 bits per heavy atom. The molecule has 2 aliphatic rings. The fourth-order valence-corrected chi connectivity index (χ4v) is 4.51. The summed E-state index contributed by atoms with van der Waals surface area (Å²) in [5, 5.41) is 5.51. The maximum absolute atomic E-state index is 13.1. The summed E-state index contributed by atoms with van der Waals surface area (Å²) in [4.78, 5) is 40.7. The third-order valence-corrected chi connectivity index (χ3v) is 6.00. The average molecular weight is 405 g/mol. The Balaban J connectivity index is 1.69. The SMILES string of the molecule is CC#CCN1C(=O)c2ccccc2Sc2cc(NC(=O)C3CCNC3=O)ccc21. The molecule has 0 aromatic heterocycles. The van der Waals surface area contributed by atoms with Gasteiger partial charge in [-0.25, -0.2) is 0 Å². The zero-order chi connectivity index (χ0) is 20.4. The second-order valence-corrected chi connectivity index (χ2v) is 7.80. The number of carbonyl (C=O) groups is 3. The molecule has 2 N–H and O–H groups in total. The molecule has 4 rings (SSSR count).